The van der Waals surface area contributed by atoms with Gasteiger partial charge in [0.1, 0.15) is 5.82 Å². The van der Waals surface area contributed by atoms with Crippen LogP contribution >= 0.6 is 15.9 Å². The Balaban J connectivity index is 1.34. The molecule has 0 radical (unpaired) electrons. The van der Waals surface area contributed by atoms with Crippen molar-refractivity contribution < 1.29 is 4.79 Å². The zero-order chi connectivity index (χ0) is 22.1. The first-order valence-corrected chi connectivity index (χ1v) is 11.3. The fraction of sp³-hybridized carbons (Fsp3) is 0.261. The van der Waals surface area contributed by atoms with Gasteiger partial charge in [0.05, 0.1) is 6.54 Å². The maximum Gasteiger partial charge on any atom is 0.281 e. The molecular weight excluding hydrogens is 472 g/mol. The first-order chi connectivity index (χ1) is 15.6. The topological polar surface area (TPSA) is 96.8 Å². The molecule has 32 heavy (non-hydrogen) atoms. The van der Waals surface area contributed by atoms with Gasteiger partial charge in [-0.15, -0.1) is 5.10 Å². The number of likely N-dealkylation sites (tertiary alicyclic amines) is 1. The summed E-state index contributed by atoms with van der Waals surface area (Å²) in [6.07, 6.45) is 1.47. The molecular formula is C23H21BrN6O2. The van der Waals surface area contributed by atoms with Gasteiger partial charge in [-0.2, -0.15) is 0 Å². The molecule has 0 atom stereocenters. The smallest absolute Gasteiger partial charge is 0.281 e. The van der Waals surface area contributed by atoms with Gasteiger partial charge < -0.3 is 9.88 Å². The zero-order valence-electron chi connectivity index (χ0n) is 17.2. The van der Waals surface area contributed by atoms with Gasteiger partial charge in [0, 0.05) is 29.0 Å². The third kappa shape index (κ3) is 4.08. The minimum Gasteiger partial charge on any atom is -0.339 e. The highest BCUT2D eigenvalue weighted by molar-refractivity contribution is 9.10. The molecule has 1 saturated heterocycles. The first kappa shape index (κ1) is 20.6. The molecule has 1 N–H and O–H groups in total. The predicted octanol–water partition coefficient (Wildman–Crippen LogP) is 3.35. The van der Waals surface area contributed by atoms with Crippen molar-refractivity contribution in [2.45, 2.75) is 25.3 Å². The van der Waals surface area contributed by atoms with Crippen molar-refractivity contribution in [3.05, 3.63) is 86.4 Å². The van der Waals surface area contributed by atoms with Crippen LogP contribution in [0.4, 0.5) is 0 Å². The van der Waals surface area contributed by atoms with Crippen molar-refractivity contribution >= 4 is 33.0 Å². The average Bonchev–Trinajstić information content (AvgIpc) is 3.23. The zero-order valence-corrected chi connectivity index (χ0v) is 18.8. The molecule has 162 valence electrons. The maximum atomic E-state index is 12.8. The summed E-state index contributed by atoms with van der Waals surface area (Å²) < 4.78 is 2.61. The minimum absolute atomic E-state index is 0.0259. The number of fused-ring (bicyclic) bond motifs is 1. The van der Waals surface area contributed by atoms with E-state index in [1.165, 1.54) is 0 Å². The second kappa shape index (κ2) is 8.66. The lowest BCUT2D eigenvalue weighted by Crippen LogP contribution is -2.38. The Bertz CT molecular complexity index is 1310. The highest BCUT2D eigenvalue weighted by Crippen LogP contribution is 2.27. The van der Waals surface area contributed by atoms with Crippen LogP contribution < -0.4 is 5.56 Å². The van der Waals surface area contributed by atoms with E-state index in [1.807, 2.05) is 59.5 Å². The summed E-state index contributed by atoms with van der Waals surface area (Å²) in [7, 11) is 0. The lowest BCUT2D eigenvalue weighted by atomic mass is 9.95. The lowest BCUT2D eigenvalue weighted by molar-refractivity contribution is 0.0711. The van der Waals surface area contributed by atoms with Gasteiger partial charge in [0.2, 0.25) is 0 Å². The predicted molar refractivity (Wildman–Crippen MR) is 124 cm³/mol. The Morgan fingerprint density at radius 3 is 2.50 bits per heavy atom. The number of halogens is 1. The Labute approximate surface area is 192 Å². The normalized spacial score (nSPS) is 14.7. The van der Waals surface area contributed by atoms with Crippen LogP contribution in [0.25, 0.3) is 11.2 Å². The number of aromatic amines is 1. The summed E-state index contributed by atoms with van der Waals surface area (Å²) >= 11 is 3.40. The summed E-state index contributed by atoms with van der Waals surface area (Å²) in [5.74, 6) is 0.731. The third-order valence-electron chi connectivity index (χ3n) is 5.83. The minimum atomic E-state index is -0.280. The molecule has 1 aliphatic rings. The number of carbonyl (C=O) groups is 1. The molecule has 0 unspecified atom stereocenters. The number of aromatic nitrogens is 5. The van der Waals surface area contributed by atoms with E-state index < -0.39 is 0 Å². The largest absolute Gasteiger partial charge is 0.339 e. The number of carbonyl (C=O) groups excluding carboxylic acids is 1. The van der Waals surface area contributed by atoms with E-state index in [0.29, 0.717) is 36.7 Å². The summed E-state index contributed by atoms with van der Waals surface area (Å²) in [5.41, 5.74) is 2.18. The molecule has 0 aliphatic carbocycles. The van der Waals surface area contributed by atoms with Crippen LogP contribution in [0.3, 0.4) is 0 Å². The van der Waals surface area contributed by atoms with Crippen molar-refractivity contribution in [3.8, 4) is 0 Å². The molecule has 2 aromatic heterocycles. The van der Waals surface area contributed by atoms with Gasteiger partial charge in [-0.3, -0.25) is 9.59 Å². The standard InChI is InChI=1S/C23H21BrN6O2/c24-18-8-6-17(7-9-18)23(32)29-12-10-16(11-13-29)20-25-21-19(22(31)26-20)27-28-30(21)14-15-4-2-1-3-5-15/h1-9,16H,10-14H2,(H,25,26,31). The van der Waals surface area contributed by atoms with Crippen LogP contribution in [0.2, 0.25) is 0 Å². The van der Waals surface area contributed by atoms with Gasteiger partial charge in [0.15, 0.2) is 11.2 Å². The second-order valence-corrected chi connectivity index (χ2v) is 8.85. The number of piperidine rings is 1. The van der Waals surface area contributed by atoms with Crippen LogP contribution in [-0.4, -0.2) is 48.9 Å². The van der Waals surface area contributed by atoms with Gasteiger partial charge in [-0.05, 0) is 42.7 Å². The van der Waals surface area contributed by atoms with E-state index >= 15 is 0 Å². The summed E-state index contributed by atoms with van der Waals surface area (Å²) in [6, 6.07) is 17.3. The summed E-state index contributed by atoms with van der Waals surface area (Å²) in [5, 5.41) is 8.17. The summed E-state index contributed by atoms with van der Waals surface area (Å²) in [6.45, 7) is 1.72. The Kier molecular flexibility index (Phi) is 5.57. The quantitative estimate of drug-likeness (QED) is 0.471. The van der Waals surface area contributed by atoms with Crippen molar-refractivity contribution in [3.63, 3.8) is 0 Å². The molecule has 4 aromatic rings. The molecule has 0 saturated carbocycles. The monoisotopic (exact) mass is 492 g/mol. The second-order valence-electron chi connectivity index (χ2n) is 7.93. The van der Waals surface area contributed by atoms with Crippen LogP contribution in [-0.2, 0) is 6.54 Å². The van der Waals surface area contributed by atoms with E-state index in [4.69, 9.17) is 4.98 Å². The molecule has 0 spiro atoms. The van der Waals surface area contributed by atoms with Crippen LogP contribution in [0.15, 0.2) is 63.9 Å². The van der Waals surface area contributed by atoms with Crippen LogP contribution in [0.1, 0.15) is 40.5 Å². The maximum absolute atomic E-state index is 12.8. The number of rotatable bonds is 4. The SMILES string of the molecule is O=C(c1ccc(Br)cc1)N1CCC(c2nc3c(nnn3Cc3ccccc3)c(=O)[nH]2)CC1. The summed E-state index contributed by atoms with van der Waals surface area (Å²) in [4.78, 5) is 34.9. The van der Waals surface area contributed by atoms with Gasteiger partial charge >= 0.3 is 0 Å². The number of hydrogen-bond donors (Lipinski definition) is 1. The van der Waals surface area contributed by atoms with Crippen molar-refractivity contribution in [2.24, 2.45) is 0 Å². The molecule has 1 fully saturated rings. The van der Waals surface area contributed by atoms with E-state index in [2.05, 4.69) is 31.2 Å². The van der Waals surface area contributed by atoms with E-state index in [-0.39, 0.29) is 22.9 Å². The van der Waals surface area contributed by atoms with Crippen LogP contribution in [0.5, 0.6) is 0 Å². The van der Waals surface area contributed by atoms with Gasteiger partial charge in [-0.25, -0.2) is 9.67 Å². The fourth-order valence-electron chi connectivity index (χ4n) is 4.07. The molecule has 2 aromatic carbocycles. The van der Waals surface area contributed by atoms with Crippen LogP contribution in [0, 0.1) is 0 Å². The van der Waals surface area contributed by atoms with Crippen molar-refractivity contribution in [1.82, 2.24) is 29.9 Å². The Hall–Kier alpha value is -3.33. The third-order valence-corrected chi connectivity index (χ3v) is 6.36. The average molecular weight is 493 g/mol. The van der Waals surface area contributed by atoms with Crippen molar-refractivity contribution in [2.75, 3.05) is 13.1 Å². The van der Waals surface area contributed by atoms with E-state index in [9.17, 15) is 9.59 Å². The number of nitrogens with one attached hydrogen (secondary N) is 1. The van der Waals surface area contributed by atoms with E-state index in [1.54, 1.807) is 4.68 Å². The molecule has 8 nitrogen and oxygen atoms in total. The highest BCUT2D eigenvalue weighted by Gasteiger charge is 2.27. The molecule has 5 rings (SSSR count). The highest BCUT2D eigenvalue weighted by atomic mass is 79.9. The molecule has 0 bridgehead atoms. The van der Waals surface area contributed by atoms with E-state index in [0.717, 1.165) is 22.9 Å². The number of nitrogens with zero attached hydrogens (tertiary/aromatic N) is 5. The first-order valence-electron chi connectivity index (χ1n) is 10.5. The Morgan fingerprint density at radius 2 is 1.78 bits per heavy atom. The number of benzene rings is 2. The fourth-order valence-corrected chi connectivity index (χ4v) is 4.33. The molecule has 1 amide bonds. The lowest BCUT2D eigenvalue weighted by Gasteiger charge is -2.31. The molecule has 3 heterocycles. The molecule has 9 heteroatoms. The van der Waals surface area contributed by atoms with Crippen molar-refractivity contribution in [1.29, 1.82) is 0 Å². The molecule has 1 aliphatic heterocycles. The van der Waals surface area contributed by atoms with Gasteiger partial charge in [-0.1, -0.05) is 51.5 Å². The Morgan fingerprint density at radius 1 is 1.06 bits per heavy atom. The number of H-pyrrole nitrogens is 1. The van der Waals surface area contributed by atoms with Gasteiger partial charge in [0.25, 0.3) is 11.5 Å². The number of hydrogen-bond acceptors (Lipinski definition) is 5. The number of amides is 1.